The van der Waals surface area contributed by atoms with Crippen molar-refractivity contribution in [1.29, 1.82) is 0 Å². The van der Waals surface area contributed by atoms with E-state index < -0.39 is 0 Å². The molecule has 0 spiro atoms. The third-order valence-corrected chi connectivity index (χ3v) is 2.18. The van der Waals surface area contributed by atoms with Crippen LogP contribution in [0.1, 0.15) is 0 Å². The molecule has 5 nitrogen and oxygen atoms in total. The molecule has 15 heavy (non-hydrogen) atoms. The zero-order valence-electron chi connectivity index (χ0n) is 7.88. The molecule has 0 aliphatic carbocycles. The average molecular weight is 199 g/mol. The van der Waals surface area contributed by atoms with E-state index in [2.05, 4.69) is 20.4 Å². The third-order valence-electron chi connectivity index (χ3n) is 2.18. The molecule has 0 amide bonds. The number of anilines is 2. The second kappa shape index (κ2) is 3.13. The van der Waals surface area contributed by atoms with E-state index in [1.807, 2.05) is 36.7 Å². The van der Waals surface area contributed by atoms with Crippen LogP contribution in [0.3, 0.4) is 0 Å². The first-order valence-corrected chi connectivity index (χ1v) is 4.62. The van der Waals surface area contributed by atoms with Crippen molar-refractivity contribution in [2.75, 3.05) is 5.32 Å². The molecule has 0 aromatic carbocycles. The van der Waals surface area contributed by atoms with Gasteiger partial charge < -0.3 is 10.3 Å². The summed E-state index contributed by atoms with van der Waals surface area (Å²) in [6, 6.07) is 7.77. The van der Waals surface area contributed by atoms with E-state index >= 15 is 0 Å². The summed E-state index contributed by atoms with van der Waals surface area (Å²) in [5.74, 6) is 1.70. The highest BCUT2D eigenvalue weighted by molar-refractivity contribution is 5.71. The number of aromatic amines is 1. The lowest BCUT2D eigenvalue weighted by molar-refractivity contribution is 0.906. The molecule has 0 saturated heterocycles. The second-order valence-corrected chi connectivity index (χ2v) is 3.16. The molecule has 3 aromatic heterocycles. The standard InChI is InChI=1S/C10H9N5/c1-4-9(11-5-1)14-10-8-3-2-6-15(8)13-7-12-10/h1-7,11H,(H,12,13,14). The van der Waals surface area contributed by atoms with Gasteiger partial charge in [0.1, 0.15) is 17.7 Å². The number of hydrogen-bond donors (Lipinski definition) is 2. The summed E-state index contributed by atoms with van der Waals surface area (Å²) in [6.07, 6.45) is 5.27. The summed E-state index contributed by atoms with van der Waals surface area (Å²) in [7, 11) is 0. The van der Waals surface area contributed by atoms with Crippen LogP contribution in [-0.2, 0) is 0 Å². The summed E-state index contributed by atoms with van der Waals surface area (Å²) in [5, 5.41) is 7.27. The molecule has 0 aliphatic heterocycles. The van der Waals surface area contributed by atoms with Crippen LogP contribution in [0.25, 0.3) is 5.52 Å². The van der Waals surface area contributed by atoms with Crippen LogP contribution in [0.15, 0.2) is 43.0 Å². The lowest BCUT2D eigenvalue weighted by Gasteiger charge is -2.03. The fraction of sp³-hybridized carbons (Fsp3) is 0. The summed E-state index contributed by atoms with van der Waals surface area (Å²) < 4.78 is 1.78. The van der Waals surface area contributed by atoms with E-state index in [1.165, 1.54) is 6.33 Å². The Balaban J connectivity index is 2.07. The van der Waals surface area contributed by atoms with Gasteiger partial charge in [-0.15, -0.1) is 0 Å². The SMILES string of the molecule is c1c[nH]c(Nc2ncnn3cccc23)c1. The largest absolute Gasteiger partial charge is 0.348 e. The van der Waals surface area contributed by atoms with E-state index in [9.17, 15) is 0 Å². The number of nitrogens with zero attached hydrogens (tertiary/aromatic N) is 3. The quantitative estimate of drug-likeness (QED) is 0.661. The van der Waals surface area contributed by atoms with Crippen molar-refractivity contribution in [2.45, 2.75) is 0 Å². The monoisotopic (exact) mass is 199 g/mol. The van der Waals surface area contributed by atoms with E-state index in [0.29, 0.717) is 0 Å². The smallest absolute Gasteiger partial charge is 0.159 e. The predicted molar refractivity (Wildman–Crippen MR) is 57.1 cm³/mol. The molecule has 5 heteroatoms. The highest BCUT2D eigenvalue weighted by atomic mass is 15.3. The summed E-state index contributed by atoms with van der Waals surface area (Å²) in [6.45, 7) is 0. The molecule has 3 rings (SSSR count). The van der Waals surface area contributed by atoms with Crippen molar-refractivity contribution in [3.05, 3.63) is 43.0 Å². The Labute approximate surface area is 85.8 Å². The molecule has 3 aromatic rings. The highest BCUT2D eigenvalue weighted by Crippen LogP contribution is 2.16. The van der Waals surface area contributed by atoms with Gasteiger partial charge in [-0.25, -0.2) is 9.50 Å². The lowest BCUT2D eigenvalue weighted by atomic mass is 10.5. The van der Waals surface area contributed by atoms with Crippen LogP contribution >= 0.6 is 0 Å². The summed E-state index contributed by atoms with van der Waals surface area (Å²) in [4.78, 5) is 7.25. The van der Waals surface area contributed by atoms with Gasteiger partial charge in [0.05, 0.1) is 0 Å². The van der Waals surface area contributed by atoms with Crippen molar-refractivity contribution < 1.29 is 0 Å². The molecule has 0 aliphatic rings. The Bertz CT molecular complexity index is 566. The zero-order chi connectivity index (χ0) is 10.1. The van der Waals surface area contributed by atoms with Crippen molar-refractivity contribution in [2.24, 2.45) is 0 Å². The van der Waals surface area contributed by atoms with E-state index in [1.54, 1.807) is 4.52 Å². The first-order chi connectivity index (χ1) is 7.43. The van der Waals surface area contributed by atoms with Gasteiger partial charge >= 0.3 is 0 Å². The van der Waals surface area contributed by atoms with Gasteiger partial charge in [-0.3, -0.25) is 0 Å². The maximum absolute atomic E-state index is 4.19. The Hall–Kier alpha value is -2.30. The maximum atomic E-state index is 4.19. The van der Waals surface area contributed by atoms with Crippen LogP contribution in [0, 0.1) is 0 Å². The first kappa shape index (κ1) is 8.05. The minimum Gasteiger partial charge on any atom is -0.348 e. The molecule has 0 radical (unpaired) electrons. The van der Waals surface area contributed by atoms with Gasteiger partial charge in [0.2, 0.25) is 0 Å². The van der Waals surface area contributed by atoms with Crippen molar-refractivity contribution >= 4 is 17.2 Å². The maximum Gasteiger partial charge on any atom is 0.159 e. The molecular formula is C10H9N5. The molecule has 3 heterocycles. The fourth-order valence-corrected chi connectivity index (χ4v) is 1.50. The zero-order valence-corrected chi connectivity index (χ0v) is 7.88. The number of fused-ring (bicyclic) bond motifs is 1. The van der Waals surface area contributed by atoms with Crippen LogP contribution in [-0.4, -0.2) is 19.6 Å². The highest BCUT2D eigenvalue weighted by Gasteiger charge is 2.02. The topological polar surface area (TPSA) is 58.0 Å². The van der Waals surface area contributed by atoms with E-state index in [4.69, 9.17) is 0 Å². The molecule has 0 atom stereocenters. The Kier molecular flexibility index (Phi) is 1.68. The number of rotatable bonds is 2. The number of aromatic nitrogens is 4. The first-order valence-electron chi connectivity index (χ1n) is 4.62. The molecule has 74 valence electrons. The molecular weight excluding hydrogens is 190 g/mol. The van der Waals surface area contributed by atoms with Crippen molar-refractivity contribution in [1.82, 2.24) is 19.6 Å². The van der Waals surface area contributed by atoms with Gasteiger partial charge in [0, 0.05) is 12.4 Å². The third kappa shape index (κ3) is 1.34. The predicted octanol–water partition coefficient (Wildman–Crippen LogP) is 1.80. The van der Waals surface area contributed by atoms with Crippen LogP contribution in [0.2, 0.25) is 0 Å². The second-order valence-electron chi connectivity index (χ2n) is 3.16. The summed E-state index contributed by atoms with van der Waals surface area (Å²) in [5.41, 5.74) is 0.951. The average Bonchev–Trinajstić information content (AvgIpc) is 2.87. The van der Waals surface area contributed by atoms with E-state index in [0.717, 1.165) is 17.2 Å². The van der Waals surface area contributed by atoms with Gasteiger partial charge in [0.15, 0.2) is 5.82 Å². The Morgan fingerprint density at radius 1 is 1.27 bits per heavy atom. The van der Waals surface area contributed by atoms with Gasteiger partial charge in [-0.2, -0.15) is 5.10 Å². The van der Waals surface area contributed by atoms with Crippen LogP contribution in [0.5, 0.6) is 0 Å². The minimum absolute atomic E-state index is 0.789. The van der Waals surface area contributed by atoms with Crippen molar-refractivity contribution in [3.63, 3.8) is 0 Å². The molecule has 0 unspecified atom stereocenters. The molecule has 2 N–H and O–H groups in total. The van der Waals surface area contributed by atoms with Gasteiger partial charge in [0.25, 0.3) is 0 Å². The number of hydrogen-bond acceptors (Lipinski definition) is 3. The minimum atomic E-state index is 0.789. The lowest BCUT2D eigenvalue weighted by Crippen LogP contribution is -1.99. The Morgan fingerprint density at radius 2 is 2.27 bits per heavy atom. The van der Waals surface area contributed by atoms with E-state index in [-0.39, 0.29) is 0 Å². The number of nitrogens with one attached hydrogen (secondary N) is 2. The molecule has 0 saturated carbocycles. The molecule has 0 bridgehead atoms. The van der Waals surface area contributed by atoms with Gasteiger partial charge in [-0.05, 0) is 24.3 Å². The normalized spacial score (nSPS) is 10.7. The Morgan fingerprint density at radius 3 is 3.13 bits per heavy atom. The fourth-order valence-electron chi connectivity index (χ4n) is 1.50. The summed E-state index contributed by atoms with van der Waals surface area (Å²) >= 11 is 0. The molecule has 0 fully saturated rings. The van der Waals surface area contributed by atoms with Gasteiger partial charge in [-0.1, -0.05) is 0 Å². The number of H-pyrrole nitrogens is 1. The van der Waals surface area contributed by atoms with Crippen LogP contribution < -0.4 is 5.32 Å². The van der Waals surface area contributed by atoms with Crippen molar-refractivity contribution in [3.8, 4) is 0 Å². The van der Waals surface area contributed by atoms with Crippen LogP contribution in [0.4, 0.5) is 11.6 Å².